The molecule has 29 heavy (non-hydrogen) atoms. The predicted molar refractivity (Wildman–Crippen MR) is 98.9 cm³/mol. The van der Waals surface area contributed by atoms with Crippen LogP contribution in [-0.4, -0.2) is 72.5 Å². The maximum absolute atomic E-state index is 13.4. The number of halogens is 4. The van der Waals surface area contributed by atoms with Gasteiger partial charge in [0.2, 0.25) is 5.91 Å². The van der Waals surface area contributed by atoms with Crippen LogP contribution < -0.4 is 5.32 Å². The lowest BCUT2D eigenvalue weighted by Crippen LogP contribution is -2.52. The minimum Gasteiger partial charge on any atom is -0.342 e. The molecule has 2 saturated heterocycles. The molecule has 1 aromatic rings. The highest BCUT2D eigenvalue weighted by Gasteiger charge is 2.34. The van der Waals surface area contributed by atoms with Crippen LogP contribution in [0.4, 0.5) is 28.0 Å². The molecule has 6 nitrogen and oxygen atoms in total. The number of piperidine rings is 1. The number of amides is 3. The van der Waals surface area contributed by atoms with Gasteiger partial charge in [0.25, 0.3) is 0 Å². The Labute approximate surface area is 166 Å². The fourth-order valence-electron chi connectivity index (χ4n) is 3.57. The third-order valence-electron chi connectivity index (χ3n) is 5.25. The highest BCUT2D eigenvalue weighted by Crippen LogP contribution is 2.33. The van der Waals surface area contributed by atoms with Crippen molar-refractivity contribution in [3.8, 4) is 0 Å². The van der Waals surface area contributed by atoms with E-state index in [1.165, 1.54) is 4.90 Å². The standard InChI is InChI=1S/C19H24F4N4O2/c20-16-5-4-14(12-15(16)19(21,22)23)24-18(29)27-10-8-25(9-11-27)13-17(28)26-6-2-1-3-7-26/h4-5,12H,1-3,6-11,13H2,(H,24,29). The first-order valence-electron chi connectivity index (χ1n) is 9.67. The summed E-state index contributed by atoms with van der Waals surface area (Å²) in [5.41, 5.74) is -1.54. The molecule has 2 aliphatic rings. The fourth-order valence-corrected chi connectivity index (χ4v) is 3.57. The van der Waals surface area contributed by atoms with Gasteiger partial charge < -0.3 is 15.1 Å². The van der Waals surface area contributed by atoms with Gasteiger partial charge in [0.15, 0.2) is 0 Å². The molecule has 1 N–H and O–H groups in total. The van der Waals surface area contributed by atoms with Crippen LogP contribution in [0.3, 0.4) is 0 Å². The maximum Gasteiger partial charge on any atom is 0.419 e. The lowest BCUT2D eigenvalue weighted by atomic mass is 10.1. The summed E-state index contributed by atoms with van der Waals surface area (Å²) in [6.45, 7) is 3.60. The van der Waals surface area contributed by atoms with Crippen LogP contribution in [-0.2, 0) is 11.0 Å². The quantitative estimate of drug-likeness (QED) is 0.771. The predicted octanol–water partition coefficient (Wildman–Crippen LogP) is 3.01. The van der Waals surface area contributed by atoms with E-state index >= 15 is 0 Å². The van der Waals surface area contributed by atoms with E-state index in [4.69, 9.17) is 0 Å². The molecule has 3 amide bonds. The summed E-state index contributed by atoms with van der Waals surface area (Å²) in [7, 11) is 0. The van der Waals surface area contributed by atoms with Gasteiger partial charge in [0.1, 0.15) is 5.82 Å². The van der Waals surface area contributed by atoms with Crippen molar-refractivity contribution < 1.29 is 27.2 Å². The highest BCUT2D eigenvalue weighted by molar-refractivity contribution is 5.89. The van der Waals surface area contributed by atoms with Crippen molar-refractivity contribution in [3.63, 3.8) is 0 Å². The molecule has 3 rings (SSSR count). The van der Waals surface area contributed by atoms with Crippen molar-refractivity contribution in [2.45, 2.75) is 25.4 Å². The third kappa shape index (κ3) is 5.59. The Morgan fingerprint density at radius 2 is 1.59 bits per heavy atom. The summed E-state index contributed by atoms with van der Waals surface area (Å²) < 4.78 is 51.8. The first kappa shape index (κ1) is 21.4. The van der Waals surface area contributed by atoms with E-state index in [-0.39, 0.29) is 11.6 Å². The molecular formula is C19H24F4N4O2. The van der Waals surface area contributed by atoms with E-state index in [0.29, 0.717) is 44.9 Å². The molecule has 2 fully saturated rings. The third-order valence-corrected chi connectivity index (χ3v) is 5.25. The average Bonchev–Trinajstić information content (AvgIpc) is 2.69. The Bertz CT molecular complexity index is 742. The molecule has 2 heterocycles. The van der Waals surface area contributed by atoms with Gasteiger partial charge in [0, 0.05) is 45.0 Å². The van der Waals surface area contributed by atoms with Gasteiger partial charge in [-0.2, -0.15) is 13.2 Å². The first-order valence-corrected chi connectivity index (χ1v) is 9.67. The molecule has 0 bridgehead atoms. The molecule has 0 spiro atoms. The smallest absolute Gasteiger partial charge is 0.342 e. The minimum atomic E-state index is -4.84. The van der Waals surface area contributed by atoms with Crippen LogP contribution in [0.1, 0.15) is 24.8 Å². The largest absolute Gasteiger partial charge is 0.419 e. The van der Waals surface area contributed by atoms with Gasteiger partial charge >= 0.3 is 12.2 Å². The first-order chi connectivity index (χ1) is 13.7. The summed E-state index contributed by atoms with van der Waals surface area (Å²) in [6.07, 6.45) is -1.63. The Morgan fingerprint density at radius 1 is 0.931 bits per heavy atom. The molecule has 1 aromatic carbocycles. The molecule has 10 heteroatoms. The molecule has 2 aliphatic heterocycles. The van der Waals surface area contributed by atoms with Gasteiger partial charge in [-0.15, -0.1) is 0 Å². The van der Waals surface area contributed by atoms with E-state index in [1.54, 1.807) is 0 Å². The number of carbonyl (C=O) groups is 2. The monoisotopic (exact) mass is 416 g/mol. The summed E-state index contributed by atoms with van der Waals surface area (Å²) in [6, 6.07) is 1.81. The topological polar surface area (TPSA) is 55.9 Å². The zero-order chi connectivity index (χ0) is 21.0. The average molecular weight is 416 g/mol. The number of nitrogens with zero attached hydrogens (tertiary/aromatic N) is 3. The maximum atomic E-state index is 13.4. The molecule has 160 valence electrons. The van der Waals surface area contributed by atoms with Crippen molar-refractivity contribution in [1.82, 2.24) is 14.7 Å². The van der Waals surface area contributed by atoms with Crippen LogP contribution >= 0.6 is 0 Å². The van der Waals surface area contributed by atoms with E-state index in [2.05, 4.69) is 5.32 Å². The van der Waals surface area contributed by atoms with Crippen LogP contribution in [0.15, 0.2) is 18.2 Å². The Hall–Kier alpha value is -2.36. The second kappa shape index (κ2) is 8.98. The van der Waals surface area contributed by atoms with Crippen molar-refractivity contribution in [3.05, 3.63) is 29.6 Å². The molecule has 0 aliphatic carbocycles. The molecular weight excluding hydrogens is 392 g/mol. The number of benzene rings is 1. The van der Waals surface area contributed by atoms with Gasteiger partial charge in [-0.05, 0) is 37.5 Å². The number of rotatable bonds is 3. The second-order valence-corrected chi connectivity index (χ2v) is 7.33. The number of hydrogen-bond acceptors (Lipinski definition) is 3. The Kier molecular flexibility index (Phi) is 6.61. The van der Waals surface area contributed by atoms with E-state index in [9.17, 15) is 27.2 Å². The van der Waals surface area contributed by atoms with Crippen LogP contribution in [0, 0.1) is 5.82 Å². The van der Waals surface area contributed by atoms with Crippen LogP contribution in [0.25, 0.3) is 0 Å². The van der Waals surface area contributed by atoms with Crippen molar-refractivity contribution >= 4 is 17.6 Å². The Balaban J connectivity index is 1.49. The van der Waals surface area contributed by atoms with Crippen molar-refractivity contribution in [2.24, 2.45) is 0 Å². The number of nitrogens with one attached hydrogen (secondary N) is 1. The summed E-state index contributed by atoms with van der Waals surface area (Å²) in [4.78, 5) is 30.0. The van der Waals surface area contributed by atoms with Crippen LogP contribution in [0.2, 0.25) is 0 Å². The number of likely N-dealkylation sites (tertiary alicyclic amines) is 1. The molecule has 0 radical (unpaired) electrons. The van der Waals surface area contributed by atoms with Gasteiger partial charge in [-0.25, -0.2) is 9.18 Å². The van der Waals surface area contributed by atoms with Gasteiger partial charge in [-0.1, -0.05) is 0 Å². The summed E-state index contributed by atoms with van der Waals surface area (Å²) in [5.74, 6) is -1.30. The molecule has 0 aromatic heterocycles. The molecule has 0 unspecified atom stereocenters. The number of hydrogen-bond donors (Lipinski definition) is 1. The normalized spacial score (nSPS) is 18.6. The number of anilines is 1. The second-order valence-electron chi connectivity index (χ2n) is 7.33. The minimum absolute atomic E-state index is 0.0913. The van der Waals surface area contributed by atoms with Crippen molar-refractivity contribution in [2.75, 3.05) is 51.1 Å². The van der Waals surface area contributed by atoms with Gasteiger partial charge in [-0.3, -0.25) is 9.69 Å². The molecule has 0 saturated carbocycles. The van der Waals surface area contributed by atoms with Gasteiger partial charge in [0.05, 0.1) is 12.1 Å². The number of piperazine rings is 1. The summed E-state index contributed by atoms with van der Waals surface area (Å²) >= 11 is 0. The van der Waals surface area contributed by atoms with Crippen molar-refractivity contribution in [1.29, 1.82) is 0 Å². The summed E-state index contributed by atoms with van der Waals surface area (Å²) in [5, 5.41) is 2.39. The lowest BCUT2D eigenvalue weighted by molar-refractivity contribution is -0.140. The zero-order valence-electron chi connectivity index (χ0n) is 16.0. The van der Waals surface area contributed by atoms with E-state index < -0.39 is 23.6 Å². The lowest BCUT2D eigenvalue weighted by Gasteiger charge is -2.36. The number of alkyl halides is 3. The van der Waals surface area contributed by atoms with E-state index in [1.807, 2.05) is 9.80 Å². The Morgan fingerprint density at radius 3 is 2.21 bits per heavy atom. The number of urea groups is 1. The highest BCUT2D eigenvalue weighted by atomic mass is 19.4. The molecule has 0 atom stereocenters. The fraction of sp³-hybridized carbons (Fsp3) is 0.579. The SMILES string of the molecule is O=C(CN1CCN(C(=O)Nc2ccc(F)c(C(F)(F)F)c2)CC1)N1CCCCC1. The number of carbonyl (C=O) groups excluding carboxylic acids is 2. The zero-order valence-corrected chi connectivity index (χ0v) is 16.0. The van der Waals surface area contributed by atoms with Crippen LogP contribution in [0.5, 0.6) is 0 Å². The van der Waals surface area contributed by atoms with E-state index in [0.717, 1.165) is 38.4 Å².